The lowest BCUT2D eigenvalue weighted by Crippen LogP contribution is -2.18. The first-order valence-corrected chi connectivity index (χ1v) is 7.58. The van der Waals surface area contributed by atoms with Crippen LogP contribution in [0.15, 0.2) is 57.7 Å². The van der Waals surface area contributed by atoms with Gasteiger partial charge in [0.1, 0.15) is 11.3 Å². The molecule has 0 radical (unpaired) electrons. The molecular formula is C19H16O3. The van der Waals surface area contributed by atoms with E-state index in [-0.39, 0.29) is 11.7 Å². The Balaban J connectivity index is 1.98. The van der Waals surface area contributed by atoms with Crippen LogP contribution in [0.3, 0.4) is 0 Å². The fraction of sp³-hybridized carbons (Fsp3) is 0.211. The van der Waals surface area contributed by atoms with Gasteiger partial charge in [0.05, 0.1) is 10.9 Å². The molecule has 22 heavy (non-hydrogen) atoms. The standard InChI is InChI=1S/C19H16O3/c20-18-15-9-3-4-11-16(15)22-19(21)17(18)14-10-5-7-12-6-1-2-8-13(12)14/h1-4,6,8-9,11,14,20H,5,7,10H2/t14-/m1/s1. The van der Waals surface area contributed by atoms with Crippen molar-refractivity contribution < 1.29 is 9.52 Å². The maximum absolute atomic E-state index is 12.4. The molecule has 1 aromatic heterocycles. The largest absolute Gasteiger partial charge is 0.507 e. The van der Waals surface area contributed by atoms with E-state index in [2.05, 4.69) is 6.07 Å². The summed E-state index contributed by atoms with van der Waals surface area (Å²) in [5, 5.41) is 11.2. The van der Waals surface area contributed by atoms with Crippen molar-refractivity contribution in [2.75, 3.05) is 0 Å². The van der Waals surface area contributed by atoms with Gasteiger partial charge in [0.25, 0.3) is 0 Å². The Kier molecular flexibility index (Phi) is 3.00. The van der Waals surface area contributed by atoms with Gasteiger partial charge in [-0.15, -0.1) is 0 Å². The Hall–Kier alpha value is -2.55. The molecule has 0 bridgehead atoms. The number of hydrogen-bond donors (Lipinski definition) is 1. The second-order valence-electron chi connectivity index (χ2n) is 5.79. The van der Waals surface area contributed by atoms with Crippen LogP contribution in [0.5, 0.6) is 5.75 Å². The van der Waals surface area contributed by atoms with E-state index in [1.807, 2.05) is 24.3 Å². The summed E-state index contributed by atoms with van der Waals surface area (Å²) in [6.07, 6.45) is 2.88. The van der Waals surface area contributed by atoms with Crippen molar-refractivity contribution in [1.29, 1.82) is 0 Å². The quantitative estimate of drug-likeness (QED) is 0.690. The second-order valence-corrected chi connectivity index (χ2v) is 5.79. The Morgan fingerprint density at radius 2 is 1.82 bits per heavy atom. The van der Waals surface area contributed by atoms with Gasteiger partial charge in [-0.05, 0) is 42.5 Å². The highest BCUT2D eigenvalue weighted by Gasteiger charge is 2.28. The van der Waals surface area contributed by atoms with Crippen molar-refractivity contribution in [2.45, 2.75) is 25.2 Å². The molecule has 1 heterocycles. The summed E-state index contributed by atoms with van der Waals surface area (Å²) >= 11 is 0. The van der Waals surface area contributed by atoms with Crippen molar-refractivity contribution in [2.24, 2.45) is 0 Å². The van der Waals surface area contributed by atoms with Gasteiger partial charge in [-0.25, -0.2) is 4.79 Å². The molecule has 4 rings (SSSR count). The molecule has 0 unspecified atom stereocenters. The predicted octanol–water partition coefficient (Wildman–Crippen LogP) is 3.97. The van der Waals surface area contributed by atoms with Gasteiger partial charge < -0.3 is 9.52 Å². The molecule has 3 nitrogen and oxygen atoms in total. The van der Waals surface area contributed by atoms with Crippen molar-refractivity contribution in [3.05, 3.63) is 75.6 Å². The monoisotopic (exact) mass is 292 g/mol. The van der Waals surface area contributed by atoms with Gasteiger partial charge >= 0.3 is 5.63 Å². The van der Waals surface area contributed by atoms with Gasteiger partial charge in [0.15, 0.2) is 0 Å². The molecule has 0 fully saturated rings. The lowest BCUT2D eigenvalue weighted by Gasteiger charge is -2.25. The van der Waals surface area contributed by atoms with Gasteiger partial charge in [-0.1, -0.05) is 36.4 Å². The van der Waals surface area contributed by atoms with Crippen LogP contribution in [0, 0.1) is 0 Å². The van der Waals surface area contributed by atoms with Gasteiger partial charge in [0, 0.05) is 5.92 Å². The molecule has 0 saturated carbocycles. The van der Waals surface area contributed by atoms with E-state index >= 15 is 0 Å². The molecule has 3 aromatic rings. The van der Waals surface area contributed by atoms with Crippen molar-refractivity contribution in [3.8, 4) is 5.75 Å². The normalized spacial score (nSPS) is 17.4. The molecule has 0 aliphatic heterocycles. The maximum Gasteiger partial charge on any atom is 0.343 e. The Bertz CT molecular complexity index is 908. The lowest BCUT2D eigenvalue weighted by molar-refractivity contribution is 0.444. The van der Waals surface area contributed by atoms with Crippen LogP contribution >= 0.6 is 0 Å². The molecule has 1 aliphatic carbocycles. The van der Waals surface area contributed by atoms with E-state index in [1.165, 1.54) is 5.56 Å². The first-order valence-electron chi connectivity index (χ1n) is 7.58. The van der Waals surface area contributed by atoms with Crippen molar-refractivity contribution in [3.63, 3.8) is 0 Å². The number of fused-ring (bicyclic) bond motifs is 2. The van der Waals surface area contributed by atoms with Crippen molar-refractivity contribution >= 4 is 11.0 Å². The Morgan fingerprint density at radius 3 is 2.73 bits per heavy atom. The predicted molar refractivity (Wildman–Crippen MR) is 85.4 cm³/mol. The van der Waals surface area contributed by atoms with E-state index in [0.717, 1.165) is 24.8 Å². The number of benzene rings is 2. The number of aromatic hydroxyl groups is 1. The van der Waals surface area contributed by atoms with Crippen LogP contribution in [-0.4, -0.2) is 5.11 Å². The molecule has 0 spiro atoms. The molecule has 1 aliphatic rings. The molecular weight excluding hydrogens is 276 g/mol. The molecule has 3 heteroatoms. The highest BCUT2D eigenvalue weighted by atomic mass is 16.4. The van der Waals surface area contributed by atoms with Gasteiger partial charge in [0.2, 0.25) is 0 Å². The lowest BCUT2D eigenvalue weighted by atomic mass is 9.79. The molecule has 1 N–H and O–H groups in total. The molecule has 0 saturated heterocycles. The number of rotatable bonds is 1. The Morgan fingerprint density at radius 1 is 1.05 bits per heavy atom. The van der Waals surface area contributed by atoms with Gasteiger partial charge in [-0.2, -0.15) is 0 Å². The number of aryl methyl sites for hydroxylation is 1. The minimum Gasteiger partial charge on any atom is -0.507 e. The van der Waals surface area contributed by atoms with E-state index in [4.69, 9.17) is 4.42 Å². The summed E-state index contributed by atoms with van der Waals surface area (Å²) in [6.45, 7) is 0. The summed E-state index contributed by atoms with van der Waals surface area (Å²) in [5.41, 5.74) is 2.78. The zero-order valence-electron chi connectivity index (χ0n) is 12.1. The fourth-order valence-corrected chi connectivity index (χ4v) is 3.51. The molecule has 0 amide bonds. The zero-order chi connectivity index (χ0) is 15.1. The smallest absolute Gasteiger partial charge is 0.343 e. The first kappa shape index (κ1) is 13.1. The van der Waals surface area contributed by atoms with E-state index < -0.39 is 5.63 Å². The third kappa shape index (κ3) is 1.93. The molecule has 110 valence electrons. The van der Waals surface area contributed by atoms with Crippen LogP contribution < -0.4 is 5.63 Å². The summed E-state index contributed by atoms with van der Waals surface area (Å²) in [5.74, 6) is -0.0284. The molecule has 1 atom stereocenters. The highest BCUT2D eigenvalue weighted by molar-refractivity contribution is 5.84. The SMILES string of the molecule is O=c1oc2ccccc2c(O)c1[C@@H]1CCCc2ccccc21. The van der Waals surface area contributed by atoms with Crippen LogP contribution in [0.4, 0.5) is 0 Å². The van der Waals surface area contributed by atoms with Crippen LogP contribution in [-0.2, 0) is 6.42 Å². The van der Waals surface area contributed by atoms with Crippen LogP contribution in [0.25, 0.3) is 11.0 Å². The summed E-state index contributed by atoms with van der Waals surface area (Å²) in [4.78, 5) is 12.4. The highest BCUT2D eigenvalue weighted by Crippen LogP contribution is 2.40. The fourth-order valence-electron chi connectivity index (χ4n) is 3.51. The van der Waals surface area contributed by atoms with Crippen LogP contribution in [0.1, 0.15) is 35.4 Å². The summed E-state index contributed by atoms with van der Waals surface area (Å²) < 4.78 is 5.43. The summed E-state index contributed by atoms with van der Waals surface area (Å²) in [6, 6.07) is 15.3. The average molecular weight is 292 g/mol. The summed E-state index contributed by atoms with van der Waals surface area (Å²) in [7, 11) is 0. The third-order valence-corrected chi connectivity index (χ3v) is 4.54. The average Bonchev–Trinajstić information content (AvgIpc) is 2.55. The third-order valence-electron chi connectivity index (χ3n) is 4.54. The van der Waals surface area contributed by atoms with Gasteiger partial charge in [-0.3, -0.25) is 0 Å². The number of para-hydroxylation sites is 1. The van der Waals surface area contributed by atoms with E-state index in [1.54, 1.807) is 18.2 Å². The first-order chi connectivity index (χ1) is 10.8. The van der Waals surface area contributed by atoms with Crippen LogP contribution in [0.2, 0.25) is 0 Å². The minimum atomic E-state index is -0.432. The van der Waals surface area contributed by atoms with E-state index in [9.17, 15) is 9.90 Å². The van der Waals surface area contributed by atoms with Crippen molar-refractivity contribution in [1.82, 2.24) is 0 Å². The Labute approximate surface area is 127 Å². The number of hydrogen-bond acceptors (Lipinski definition) is 3. The molecule has 2 aromatic carbocycles. The minimum absolute atomic E-state index is 0.0635. The second kappa shape index (κ2) is 5.02. The zero-order valence-corrected chi connectivity index (χ0v) is 12.1. The maximum atomic E-state index is 12.4. The topological polar surface area (TPSA) is 50.4 Å². The van der Waals surface area contributed by atoms with E-state index in [0.29, 0.717) is 16.5 Å².